The molecule has 0 radical (unpaired) electrons. The Balaban J connectivity index is 1.98. The van der Waals surface area contributed by atoms with Gasteiger partial charge in [-0.15, -0.1) is 0 Å². The Bertz CT molecular complexity index is 1050. The summed E-state index contributed by atoms with van der Waals surface area (Å²) in [6.07, 6.45) is -4.86. The fourth-order valence-corrected chi connectivity index (χ4v) is 4.40. The summed E-state index contributed by atoms with van der Waals surface area (Å²) >= 11 is 1.33. The first kappa shape index (κ1) is 28.0. The maximum Gasteiger partial charge on any atom is 0.416 e. The van der Waals surface area contributed by atoms with Gasteiger partial charge in [-0.25, -0.2) is 23.5 Å². The summed E-state index contributed by atoms with van der Waals surface area (Å²) in [5, 5.41) is 0.695. The van der Waals surface area contributed by atoms with Crippen LogP contribution in [0.4, 0.5) is 38.3 Å². The van der Waals surface area contributed by atoms with Gasteiger partial charge in [-0.05, 0) is 33.8 Å². The van der Waals surface area contributed by atoms with Gasteiger partial charge < -0.3 is 14.2 Å². The number of pyridine rings is 1. The zero-order chi connectivity index (χ0) is 26.9. The number of amides is 1. The maximum atomic E-state index is 13.7. The third-order valence-corrected chi connectivity index (χ3v) is 6.32. The average Bonchev–Trinajstić information content (AvgIpc) is 3.05. The Labute approximate surface area is 211 Å². The number of aromatic nitrogens is 3. The number of carbonyl (C=O) groups is 1. The second-order valence-electron chi connectivity index (χ2n) is 9.73. The molecule has 13 heteroatoms. The quantitative estimate of drug-likeness (QED) is 0.336. The Morgan fingerprint density at radius 1 is 1.17 bits per heavy atom. The van der Waals surface area contributed by atoms with E-state index in [1.54, 1.807) is 31.7 Å². The number of anilines is 2. The monoisotopic (exact) mass is 535 g/mol. The summed E-state index contributed by atoms with van der Waals surface area (Å²) in [6, 6.07) is 2.97. The van der Waals surface area contributed by atoms with Gasteiger partial charge in [-0.3, -0.25) is 4.90 Å². The van der Waals surface area contributed by atoms with Crippen molar-refractivity contribution in [2.24, 2.45) is 7.05 Å². The van der Waals surface area contributed by atoms with Gasteiger partial charge in [0.25, 0.3) is 5.92 Å². The van der Waals surface area contributed by atoms with Crippen LogP contribution < -0.4 is 9.80 Å². The van der Waals surface area contributed by atoms with Crippen molar-refractivity contribution in [1.82, 2.24) is 14.5 Å². The van der Waals surface area contributed by atoms with E-state index in [1.165, 1.54) is 17.8 Å². The van der Waals surface area contributed by atoms with Crippen molar-refractivity contribution < 1.29 is 31.5 Å². The van der Waals surface area contributed by atoms with E-state index >= 15 is 0 Å². The first-order chi connectivity index (χ1) is 16.5. The van der Waals surface area contributed by atoms with Crippen LogP contribution in [0.2, 0.25) is 0 Å². The maximum absolute atomic E-state index is 13.7. The molecule has 0 aliphatic carbocycles. The van der Waals surface area contributed by atoms with Crippen LogP contribution in [-0.4, -0.2) is 58.0 Å². The topological polar surface area (TPSA) is 63.5 Å². The number of thioether (sulfide) groups is 1. The lowest BCUT2D eigenvalue weighted by Gasteiger charge is -2.34. The van der Waals surface area contributed by atoms with Crippen LogP contribution in [0.25, 0.3) is 0 Å². The van der Waals surface area contributed by atoms with Gasteiger partial charge in [0.05, 0.1) is 5.69 Å². The molecule has 36 heavy (non-hydrogen) atoms. The van der Waals surface area contributed by atoms with Crippen LogP contribution in [-0.2, 0) is 17.5 Å². The largest absolute Gasteiger partial charge is 0.443 e. The van der Waals surface area contributed by atoms with Crippen molar-refractivity contribution in [2.75, 3.05) is 29.4 Å². The molecular formula is C23H30F5N5O2S. The summed E-state index contributed by atoms with van der Waals surface area (Å²) in [5.74, 6) is -2.02. The highest BCUT2D eigenvalue weighted by atomic mass is 32.2. The molecule has 0 N–H and O–H groups in total. The minimum Gasteiger partial charge on any atom is -0.443 e. The normalized spacial score (nSPS) is 16.2. The Morgan fingerprint density at radius 2 is 1.81 bits per heavy atom. The van der Waals surface area contributed by atoms with Gasteiger partial charge in [0, 0.05) is 56.7 Å². The van der Waals surface area contributed by atoms with Crippen molar-refractivity contribution >= 4 is 29.4 Å². The number of hydrogen-bond acceptors (Lipinski definition) is 6. The molecule has 0 aromatic carbocycles. The van der Waals surface area contributed by atoms with E-state index in [4.69, 9.17) is 4.74 Å². The molecule has 200 valence electrons. The number of alkyl halides is 5. The Kier molecular flexibility index (Phi) is 8.11. The molecule has 1 aliphatic rings. The third-order valence-electron chi connectivity index (χ3n) is 5.39. The van der Waals surface area contributed by atoms with Crippen molar-refractivity contribution in [1.29, 1.82) is 0 Å². The van der Waals surface area contributed by atoms with Crippen LogP contribution in [0.15, 0.2) is 23.4 Å². The summed E-state index contributed by atoms with van der Waals surface area (Å²) in [5.41, 5.74) is -0.241. The average molecular weight is 536 g/mol. The van der Waals surface area contributed by atoms with E-state index in [0.717, 1.165) is 5.82 Å². The summed E-state index contributed by atoms with van der Waals surface area (Å²) in [6.45, 7) is 4.91. The summed E-state index contributed by atoms with van der Waals surface area (Å²) in [7, 11) is 1.84. The molecule has 2 aromatic rings. The van der Waals surface area contributed by atoms with Gasteiger partial charge in [-0.1, -0.05) is 11.8 Å². The minimum atomic E-state index is -4.72. The fourth-order valence-electron chi connectivity index (χ4n) is 3.52. The van der Waals surface area contributed by atoms with Gasteiger partial charge in [0.2, 0.25) is 0 Å². The number of imidazole rings is 1. The van der Waals surface area contributed by atoms with E-state index in [9.17, 15) is 26.7 Å². The predicted molar refractivity (Wildman–Crippen MR) is 128 cm³/mol. The number of rotatable bonds is 6. The lowest BCUT2D eigenvalue weighted by atomic mass is 10.1. The highest BCUT2D eigenvalue weighted by molar-refractivity contribution is 7.98. The van der Waals surface area contributed by atoms with Crippen molar-refractivity contribution in [2.45, 2.75) is 69.0 Å². The lowest BCUT2D eigenvalue weighted by Crippen LogP contribution is -2.43. The molecule has 0 bridgehead atoms. The molecule has 0 spiro atoms. The number of aryl methyl sites for hydroxylation is 2. The smallest absolute Gasteiger partial charge is 0.416 e. The van der Waals surface area contributed by atoms with Gasteiger partial charge in [0.15, 0.2) is 0 Å². The van der Waals surface area contributed by atoms with E-state index in [2.05, 4.69) is 9.97 Å². The van der Waals surface area contributed by atoms with Crippen molar-refractivity contribution in [3.8, 4) is 0 Å². The molecule has 0 atom stereocenters. The highest BCUT2D eigenvalue weighted by Gasteiger charge is 2.38. The molecule has 2 aromatic heterocycles. The molecule has 0 unspecified atom stereocenters. The molecule has 1 saturated heterocycles. The van der Waals surface area contributed by atoms with Crippen molar-refractivity contribution in [3.63, 3.8) is 0 Å². The van der Waals surface area contributed by atoms with Crippen LogP contribution in [0.1, 0.15) is 45.1 Å². The second-order valence-corrected chi connectivity index (χ2v) is 10.7. The summed E-state index contributed by atoms with van der Waals surface area (Å²) in [4.78, 5) is 23.6. The van der Waals surface area contributed by atoms with Gasteiger partial charge >= 0.3 is 12.3 Å². The fraction of sp³-hybridized carbons (Fsp3) is 0.609. The first-order valence-corrected chi connectivity index (χ1v) is 12.3. The molecule has 0 saturated carbocycles. The highest BCUT2D eigenvalue weighted by Crippen LogP contribution is 2.34. The predicted octanol–water partition coefficient (Wildman–Crippen LogP) is 5.96. The molecule has 1 aliphatic heterocycles. The number of carbonyl (C=O) groups excluding carboxylic acids is 1. The van der Waals surface area contributed by atoms with Crippen LogP contribution in [0.5, 0.6) is 0 Å². The number of nitrogens with zero attached hydrogens (tertiary/aromatic N) is 5. The zero-order valence-electron chi connectivity index (χ0n) is 20.8. The molecular weight excluding hydrogens is 505 g/mol. The van der Waals surface area contributed by atoms with Gasteiger partial charge in [-0.2, -0.15) is 13.2 Å². The van der Waals surface area contributed by atoms with E-state index in [-0.39, 0.29) is 37.5 Å². The molecule has 3 rings (SSSR count). The SMILES string of the molecule is Cc1nc(SCc2cc(N3CCC(F)(F)CC3)cc(N(CC(F)(F)F)C(=O)OC(C)(C)C)n2)cn1C. The molecule has 1 fully saturated rings. The van der Waals surface area contributed by atoms with Crippen molar-refractivity contribution in [3.05, 3.63) is 29.8 Å². The number of piperidine rings is 1. The zero-order valence-corrected chi connectivity index (χ0v) is 21.6. The van der Waals surface area contributed by atoms with E-state index in [0.29, 0.717) is 21.3 Å². The van der Waals surface area contributed by atoms with E-state index < -0.39 is 30.3 Å². The minimum absolute atomic E-state index is 0.0220. The van der Waals surface area contributed by atoms with Crippen LogP contribution in [0.3, 0.4) is 0 Å². The van der Waals surface area contributed by atoms with Crippen LogP contribution >= 0.6 is 11.8 Å². The first-order valence-electron chi connectivity index (χ1n) is 11.4. The number of ether oxygens (including phenoxy) is 1. The molecule has 7 nitrogen and oxygen atoms in total. The Morgan fingerprint density at radius 3 is 2.33 bits per heavy atom. The standard InChI is InChI=1S/C23H30F5N5O2S/c1-15-29-19(12-31(15)5)36-13-16-10-17(32-8-6-22(24,25)7-9-32)11-18(30-16)33(14-23(26,27)28)20(34)35-21(2,3)4/h10-12H,6-9,13-14H2,1-5H3. The number of hydrogen-bond donors (Lipinski definition) is 0. The van der Waals surface area contributed by atoms with Crippen LogP contribution in [0, 0.1) is 6.92 Å². The summed E-state index contributed by atoms with van der Waals surface area (Å²) < 4.78 is 74.8. The second kappa shape index (κ2) is 10.4. The lowest BCUT2D eigenvalue weighted by molar-refractivity contribution is -0.119. The molecule has 3 heterocycles. The third kappa shape index (κ3) is 7.97. The Hall–Kier alpha value is -2.57. The van der Waals surface area contributed by atoms with Gasteiger partial charge in [0.1, 0.15) is 28.8 Å². The molecule has 1 amide bonds. The number of halogens is 5. The van der Waals surface area contributed by atoms with E-state index in [1.807, 2.05) is 24.7 Å².